The number of esters is 1. The number of Topliss-reactive ketones (excluding diaryl/α,β-unsaturated/α-hetero) is 1. The van der Waals surface area contributed by atoms with Crippen LogP contribution in [0.4, 0.5) is 0 Å². The van der Waals surface area contributed by atoms with Gasteiger partial charge >= 0.3 is 5.97 Å². The summed E-state index contributed by atoms with van der Waals surface area (Å²) in [5.74, 6) is -0.756. The number of methoxy groups -OCH3 is 1. The van der Waals surface area contributed by atoms with Crippen molar-refractivity contribution < 1.29 is 14.3 Å². The number of halogens is 1. The molecule has 92 valence electrons. The Morgan fingerprint density at radius 1 is 1.41 bits per heavy atom. The van der Waals surface area contributed by atoms with Crippen LogP contribution in [0.15, 0.2) is 22.7 Å². The molecule has 0 fully saturated rings. The molecule has 0 aliphatic heterocycles. The van der Waals surface area contributed by atoms with E-state index in [9.17, 15) is 9.59 Å². The summed E-state index contributed by atoms with van der Waals surface area (Å²) in [6, 6.07) is 5.42. The molecular formula is C13H15BrO3. The molecule has 3 nitrogen and oxygen atoms in total. The number of hydrogen-bond acceptors (Lipinski definition) is 3. The van der Waals surface area contributed by atoms with Gasteiger partial charge in [-0.05, 0) is 24.6 Å². The van der Waals surface area contributed by atoms with E-state index in [2.05, 4.69) is 20.7 Å². The molecule has 0 aliphatic rings. The van der Waals surface area contributed by atoms with Crippen LogP contribution in [0.25, 0.3) is 0 Å². The average molecular weight is 299 g/mol. The Labute approximate surface area is 109 Å². The smallest absolute Gasteiger partial charge is 0.306 e. The van der Waals surface area contributed by atoms with E-state index >= 15 is 0 Å². The van der Waals surface area contributed by atoms with Crippen molar-refractivity contribution in [1.82, 2.24) is 0 Å². The molecule has 17 heavy (non-hydrogen) atoms. The summed E-state index contributed by atoms with van der Waals surface area (Å²) in [6.07, 6.45) is 0.116. The molecule has 0 aromatic heterocycles. The number of aryl methyl sites for hydroxylation is 1. The Balaban J connectivity index is 2.81. The van der Waals surface area contributed by atoms with Crippen LogP contribution in [0.1, 0.15) is 29.3 Å². The Bertz CT molecular complexity index is 440. The number of ketones is 1. The molecule has 1 rings (SSSR count). The molecule has 0 saturated carbocycles. The quantitative estimate of drug-likeness (QED) is 0.633. The fourth-order valence-electron chi connectivity index (χ4n) is 1.51. The molecular weight excluding hydrogens is 284 g/mol. The Hall–Kier alpha value is -1.16. The lowest BCUT2D eigenvalue weighted by atomic mass is 9.95. The molecule has 0 N–H and O–H groups in total. The zero-order valence-electron chi connectivity index (χ0n) is 10.1. The highest BCUT2D eigenvalue weighted by Crippen LogP contribution is 2.20. The minimum atomic E-state index is -0.361. The number of carbonyl (C=O) groups is 2. The first-order valence-electron chi connectivity index (χ1n) is 5.33. The minimum absolute atomic E-state index is 0.0361. The van der Waals surface area contributed by atoms with E-state index in [1.165, 1.54) is 7.11 Å². The van der Waals surface area contributed by atoms with E-state index in [4.69, 9.17) is 0 Å². The van der Waals surface area contributed by atoms with Gasteiger partial charge in [0.1, 0.15) is 0 Å². The first-order chi connectivity index (χ1) is 7.95. The summed E-state index contributed by atoms with van der Waals surface area (Å²) < 4.78 is 5.52. The number of hydrogen-bond donors (Lipinski definition) is 0. The lowest BCUT2D eigenvalue weighted by Crippen LogP contribution is -2.16. The molecule has 0 bridgehead atoms. The van der Waals surface area contributed by atoms with Crippen molar-refractivity contribution in [2.75, 3.05) is 7.11 Å². The largest absolute Gasteiger partial charge is 0.469 e. The van der Waals surface area contributed by atoms with Gasteiger partial charge in [0.15, 0.2) is 5.78 Å². The van der Waals surface area contributed by atoms with E-state index in [-0.39, 0.29) is 24.1 Å². The number of rotatable bonds is 4. The van der Waals surface area contributed by atoms with Gasteiger partial charge in [-0.3, -0.25) is 9.59 Å². The molecule has 1 atom stereocenters. The van der Waals surface area contributed by atoms with Crippen molar-refractivity contribution in [1.29, 1.82) is 0 Å². The fraction of sp³-hybridized carbons (Fsp3) is 0.385. The molecule has 0 saturated heterocycles. The molecule has 0 spiro atoms. The van der Waals surface area contributed by atoms with Crippen LogP contribution in [0.5, 0.6) is 0 Å². The van der Waals surface area contributed by atoms with Gasteiger partial charge in [-0.2, -0.15) is 0 Å². The third kappa shape index (κ3) is 3.66. The third-order valence-electron chi connectivity index (χ3n) is 2.59. The van der Waals surface area contributed by atoms with Crippen LogP contribution in [-0.4, -0.2) is 18.9 Å². The fourth-order valence-corrected chi connectivity index (χ4v) is 1.76. The Morgan fingerprint density at radius 2 is 2.06 bits per heavy atom. The molecule has 0 heterocycles. The topological polar surface area (TPSA) is 43.4 Å². The van der Waals surface area contributed by atoms with Gasteiger partial charge in [-0.1, -0.05) is 28.9 Å². The lowest BCUT2D eigenvalue weighted by molar-refractivity contribution is -0.141. The van der Waals surface area contributed by atoms with E-state index in [0.717, 1.165) is 10.0 Å². The second-order valence-electron chi connectivity index (χ2n) is 4.01. The maximum atomic E-state index is 12.0. The van der Waals surface area contributed by atoms with Crippen molar-refractivity contribution in [3.8, 4) is 0 Å². The molecule has 1 aromatic carbocycles. The summed E-state index contributed by atoms with van der Waals surface area (Å²) in [5, 5.41) is 0. The highest BCUT2D eigenvalue weighted by molar-refractivity contribution is 9.10. The third-order valence-corrected chi connectivity index (χ3v) is 3.48. The second-order valence-corrected chi connectivity index (χ2v) is 4.86. The van der Waals surface area contributed by atoms with Gasteiger partial charge < -0.3 is 4.74 Å². The van der Waals surface area contributed by atoms with E-state index in [1.807, 2.05) is 19.1 Å². The maximum Gasteiger partial charge on any atom is 0.306 e. The van der Waals surface area contributed by atoms with Crippen molar-refractivity contribution in [2.24, 2.45) is 5.92 Å². The van der Waals surface area contributed by atoms with Crippen molar-refractivity contribution >= 4 is 27.7 Å². The Kier molecular flexibility index (Phi) is 4.87. The molecule has 0 aliphatic carbocycles. The normalized spacial score (nSPS) is 12.0. The number of benzene rings is 1. The SMILES string of the molecule is COC(=O)CC(C)C(=O)c1ccc(Br)c(C)c1. The highest BCUT2D eigenvalue weighted by Gasteiger charge is 2.19. The maximum absolute atomic E-state index is 12.0. The van der Waals surface area contributed by atoms with Gasteiger partial charge in [0.05, 0.1) is 13.5 Å². The Morgan fingerprint density at radius 3 is 2.59 bits per heavy atom. The van der Waals surface area contributed by atoms with Crippen molar-refractivity contribution in [3.05, 3.63) is 33.8 Å². The van der Waals surface area contributed by atoms with Crippen LogP contribution in [0, 0.1) is 12.8 Å². The summed E-state index contributed by atoms with van der Waals surface area (Å²) in [6.45, 7) is 3.66. The van der Waals surface area contributed by atoms with Crippen molar-refractivity contribution in [2.45, 2.75) is 20.3 Å². The monoisotopic (exact) mass is 298 g/mol. The van der Waals surface area contributed by atoms with Crippen LogP contribution >= 0.6 is 15.9 Å². The summed E-state index contributed by atoms with van der Waals surface area (Å²) in [7, 11) is 1.32. The van der Waals surface area contributed by atoms with E-state index < -0.39 is 0 Å². The van der Waals surface area contributed by atoms with Gasteiger partial charge in [0.25, 0.3) is 0 Å². The van der Waals surface area contributed by atoms with Crippen LogP contribution in [-0.2, 0) is 9.53 Å². The summed E-state index contributed by atoms with van der Waals surface area (Å²) in [5.41, 5.74) is 1.63. The standard InChI is InChI=1S/C13H15BrO3/c1-8-6-10(4-5-11(8)14)13(16)9(2)7-12(15)17-3/h4-6,9H,7H2,1-3H3. The van der Waals surface area contributed by atoms with Crippen LogP contribution < -0.4 is 0 Å². The average Bonchev–Trinajstić information content (AvgIpc) is 2.31. The van der Waals surface area contributed by atoms with E-state index in [0.29, 0.717) is 5.56 Å². The second kappa shape index (κ2) is 5.96. The zero-order valence-corrected chi connectivity index (χ0v) is 11.7. The predicted molar refractivity (Wildman–Crippen MR) is 69.0 cm³/mol. The molecule has 1 unspecified atom stereocenters. The summed E-state index contributed by atoms with van der Waals surface area (Å²) in [4.78, 5) is 23.1. The molecule has 1 aromatic rings. The van der Waals surface area contributed by atoms with Gasteiger partial charge in [0.2, 0.25) is 0 Å². The predicted octanol–water partition coefficient (Wildman–Crippen LogP) is 3.14. The minimum Gasteiger partial charge on any atom is -0.469 e. The van der Waals surface area contributed by atoms with Crippen LogP contribution in [0.2, 0.25) is 0 Å². The number of carbonyl (C=O) groups excluding carboxylic acids is 2. The van der Waals surface area contributed by atoms with Gasteiger partial charge in [-0.15, -0.1) is 0 Å². The van der Waals surface area contributed by atoms with Crippen LogP contribution in [0.3, 0.4) is 0 Å². The number of ether oxygens (including phenoxy) is 1. The first kappa shape index (κ1) is 13.9. The zero-order chi connectivity index (χ0) is 13.0. The highest BCUT2D eigenvalue weighted by atomic mass is 79.9. The first-order valence-corrected chi connectivity index (χ1v) is 6.12. The molecule has 0 amide bonds. The molecule has 4 heteroatoms. The molecule has 0 radical (unpaired) electrons. The van der Waals surface area contributed by atoms with Gasteiger partial charge in [0, 0.05) is 16.0 Å². The van der Waals surface area contributed by atoms with Crippen molar-refractivity contribution in [3.63, 3.8) is 0 Å². The van der Waals surface area contributed by atoms with E-state index in [1.54, 1.807) is 13.0 Å². The summed E-state index contributed by atoms with van der Waals surface area (Å²) >= 11 is 3.38. The lowest BCUT2D eigenvalue weighted by Gasteiger charge is -2.10. The van der Waals surface area contributed by atoms with Gasteiger partial charge in [-0.25, -0.2) is 0 Å².